The second-order valence-electron chi connectivity index (χ2n) is 6.81. The Kier molecular flexibility index (Phi) is 6.26. The van der Waals surface area contributed by atoms with Crippen molar-refractivity contribution >= 4 is 0 Å². The summed E-state index contributed by atoms with van der Waals surface area (Å²) < 4.78 is 5.04. The van der Waals surface area contributed by atoms with Gasteiger partial charge >= 0.3 is 0 Å². The van der Waals surface area contributed by atoms with E-state index in [1.807, 2.05) is 6.26 Å². The monoisotopic (exact) mass is 264 g/mol. The van der Waals surface area contributed by atoms with Gasteiger partial charge in [0.25, 0.3) is 0 Å². The van der Waals surface area contributed by atoms with Crippen LogP contribution in [0.25, 0.3) is 0 Å². The van der Waals surface area contributed by atoms with Crippen LogP contribution >= 0.6 is 0 Å². The quantitative estimate of drug-likeness (QED) is 0.591. The zero-order chi connectivity index (χ0) is 13.5. The first-order valence-corrected chi connectivity index (χ1v) is 8.53. The summed E-state index contributed by atoms with van der Waals surface area (Å²) in [4.78, 5) is 0. The van der Waals surface area contributed by atoms with Crippen molar-refractivity contribution in [3.63, 3.8) is 0 Å². The topological polar surface area (TPSA) is 9.23 Å². The molecule has 2 saturated carbocycles. The molecule has 0 saturated heterocycles. The van der Waals surface area contributed by atoms with Crippen LogP contribution < -0.4 is 0 Å². The van der Waals surface area contributed by atoms with Gasteiger partial charge in [0, 0.05) is 0 Å². The van der Waals surface area contributed by atoms with E-state index in [1.54, 1.807) is 7.11 Å². The van der Waals surface area contributed by atoms with Crippen molar-refractivity contribution in [2.24, 2.45) is 23.7 Å². The van der Waals surface area contributed by atoms with E-state index < -0.39 is 0 Å². The number of ether oxygens (including phenoxy) is 1. The van der Waals surface area contributed by atoms with E-state index in [0.717, 1.165) is 23.7 Å². The van der Waals surface area contributed by atoms with E-state index in [0.29, 0.717) is 0 Å². The standard InChI is InChI=1S/C18H32O/c1-3-4-15-5-9-17(10-6-15)18-11-7-16(8-12-18)13-14-19-2/h13-18H,3-12H2,1-2H3. The second kappa shape index (κ2) is 7.97. The lowest BCUT2D eigenvalue weighted by Crippen LogP contribution is -2.25. The summed E-state index contributed by atoms with van der Waals surface area (Å²) in [6, 6.07) is 0. The minimum atomic E-state index is 0.785. The molecule has 0 aromatic heterocycles. The number of allylic oxidation sites excluding steroid dienone is 1. The van der Waals surface area contributed by atoms with Gasteiger partial charge in [0.1, 0.15) is 0 Å². The Bertz CT molecular complexity index is 255. The summed E-state index contributed by atoms with van der Waals surface area (Å²) in [6.45, 7) is 2.33. The smallest absolute Gasteiger partial charge is 0.0787 e. The van der Waals surface area contributed by atoms with Gasteiger partial charge in [0.15, 0.2) is 0 Å². The van der Waals surface area contributed by atoms with Crippen LogP contribution in [0.2, 0.25) is 0 Å². The number of hydrogen-bond acceptors (Lipinski definition) is 1. The molecule has 0 spiro atoms. The molecule has 0 radical (unpaired) electrons. The summed E-state index contributed by atoms with van der Waals surface area (Å²) in [5, 5.41) is 0. The number of rotatable bonds is 5. The normalized spacial score (nSPS) is 36.5. The third-order valence-electron chi connectivity index (χ3n) is 5.56. The Morgan fingerprint density at radius 1 is 0.895 bits per heavy atom. The van der Waals surface area contributed by atoms with Gasteiger partial charge in [-0.05, 0) is 68.3 Å². The molecule has 1 heteroatoms. The lowest BCUT2D eigenvalue weighted by Gasteiger charge is -2.37. The van der Waals surface area contributed by atoms with E-state index in [-0.39, 0.29) is 0 Å². The number of methoxy groups -OCH3 is 1. The molecule has 110 valence electrons. The molecule has 2 rings (SSSR count). The van der Waals surface area contributed by atoms with Crippen LogP contribution in [0.3, 0.4) is 0 Å². The summed E-state index contributed by atoms with van der Waals surface area (Å²) in [6.07, 6.45) is 18.8. The first kappa shape index (κ1) is 14.9. The summed E-state index contributed by atoms with van der Waals surface area (Å²) >= 11 is 0. The predicted octanol–water partition coefficient (Wildman–Crippen LogP) is 5.56. The van der Waals surface area contributed by atoms with Gasteiger partial charge in [-0.15, -0.1) is 0 Å². The molecule has 1 nitrogen and oxygen atoms in total. The Morgan fingerprint density at radius 2 is 1.47 bits per heavy atom. The maximum Gasteiger partial charge on any atom is 0.0787 e. The SMILES string of the molecule is CCCC1CCC(C2CCC(C=COC)CC2)CC1. The van der Waals surface area contributed by atoms with E-state index in [9.17, 15) is 0 Å². The highest BCUT2D eigenvalue weighted by Crippen LogP contribution is 2.42. The Labute approximate surface area is 119 Å². The average molecular weight is 264 g/mol. The molecular weight excluding hydrogens is 232 g/mol. The third-order valence-corrected chi connectivity index (χ3v) is 5.56. The molecule has 2 fully saturated rings. The van der Waals surface area contributed by atoms with Crippen LogP contribution in [0.1, 0.15) is 71.1 Å². The largest absolute Gasteiger partial charge is 0.505 e. The third kappa shape index (κ3) is 4.54. The molecule has 0 N–H and O–H groups in total. The van der Waals surface area contributed by atoms with Crippen molar-refractivity contribution in [3.8, 4) is 0 Å². The molecule has 0 atom stereocenters. The molecule has 0 unspecified atom stereocenters. The predicted molar refractivity (Wildman–Crippen MR) is 82.0 cm³/mol. The highest BCUT2D eigenvalue weighted by Gasteiger charge is 2.29. The van der Waals surface area contributed by atoms with Crippen molar-refractivity contribution in [1.29, 1.82) is 0 Å². The minimum Gasteiger partial charge on any atom is -0.505 e. The Morgan fingerprint density at radius 3 is 2.00 bits per heavy atom. The van der Waals surface area contributed by atoms with E-state index >= 15 is 0 Å². The zero-order valence-electron chi connectivity index (χ0n) is 12.9. The fourth-order valence-electron chi connectivity index (χ4n) is 4.36. The molecule has 0 amide bonds. The van der Waals surface area contributed by atoms with Gasteiger partial charge in [0.2, 0.25) is 0 Å². The lowest BCUT2D eigenvalue weighted by atomic mass is 9.69. The highest BCUT2D eigenvalue weighted by atomic mass is 16.5. The molecule has 0 aromatic rings. The molecule has 0 heterocycles. The highest BCUT2D eigenvalue weighted by molar-refractivity contribution is 4.89. The van der Waals surface area contributed by atoms with Crippen LogP contribution in [0, 0.1) is 23.7 Å². The van der Waals surface area contributed by atoms with Crippen LogP contribution in [0.15, 0.2) is 12.3 Å². The van der Waals surface area contributed by atoms with Crippen LogP contribution in [0.5, 0.6) is 0 Å². The summed E-state index contributed by atoms with van der Waals surface area (Å²) in [5.74, 6) is 3.94. The van der Waals surface area contributed by atoms with Gasteiger partial charge in [-0.1, -0.05) is 32.6 Å². The van der Waals surface area contributed by atoms with Gasteiger partial charge in [-0.25, -0.2) is 0 Å². The van der Waals surface area contributed by atoms with Gasteiger partial charge in [-0.2, -0.15) is 0 Å². The van der Waals surface area contributed by atoms with Crippen molar-refractivity contribution in [3.05, 3.63) is 12.3 Å². The fourth-order valence-corrected chi connectivity index (χ4v) is 4.36. The molecule has 0 bridgehead atoms. The minimum absolute atomic E-state index is 0.785. The molecular formula is C18H32O. The molecule has 19 heavy (non-hydrogen) atoms. The Hall–Kier alpha value is -0.460. The molecule has 2 aliphatic carbocycles. The van der Waals surface area contributed by atoms with Crippen molar-refractivity contribution < 1.29 is 4.74 Å². The molecule has 0 aliphatic heterocycles. The molecule has 0 aromatic carbocycles. The van der Waals surface area contributed by atoms with Crippen LogP contribution in [0.4, 0.5) is 0 Å². The van der Waals surface area contributed by atoms with Crippen molar-refractivity contribution in [2.45, 2.75) is 71.1 Å². The maximum atomic E-state index is 5.04. The lowest BCUT2D eigenvalue weighted by molar-refractivity contribution is 0.151. The van der Waals surface area contributed by atoms with Gasteiger partial charge in [0.05, 0.1) is 13.4 Å². The van der Waals surface area contributed by atoms with E-state index in [1.165, 1.54) is 64.2 Å². The first-order chi connectivity index (χ1) is 9.33. The number of hydrogen-bond donors (Lipinski definition) is 0. The van der Waals surface area contributed by atoms with Gasteiger partial charge in [-0.3, -0.25) is 0 Å². The maximum absolute atomic E-state index is 5.04. The summed E-state index contributed by atoms with van der Waals surface area (Å²) in [5.41, 5.74) is 0. The first-order valence-electron chi connectivity index (χ1n) is 8.53. The fraction of sp³-hybridized carbons (Fsp3) is 0.889. The van der Waals surface area contributed by atoms with Crippen molar-refractivity contribution in [2.75, 3.05) is 7.11 Å². The van der Waals surface area contributed by atoms with E-state index in [2.05, 4.69) is 13.0 Å². The average Bonchev–Trinajstić information content (AvgIpc) is 2.47. The van der Waals surface area contributed by atoms with Crippen LogP contribution in [-0.2, 0) is 4.74 Å². The summed E-state index contributed by atoms with van der Waals surface area (Å²) in [7, 11) is 1.75. The van der Waals surface area contributed by atoms with Crippen molar-refractivity contribution in [1.82, 2.24) is 0 Å². The zero-order valence-corrected chi connectivity index (χ0v) is 12.9. The van der Waals surface area contributed by atoms with Gasteiger partial charge < -0.3 is 4.74 Å². The van der Waals surface area contributed by atoms with Crippen LogP contribution in [-0.4, -0.2) is 7.11 Å². The second-order valence-corrected chi connectivity index (χ2v) is 6.81. The van der Waals surface area contributed by atoms with E-state index in [4.69, 9.17) is 4.74 Å². The Balaban J connectivity index is 1.69. The molecule has 2 aliphatic rings.